The van der Waals surface area contributed by atoms with Crippen molar-refractivity contribution < 1.29 is 9.53 Å². The Balaban J connectivity index is 1.88. The minimum atomic E-state index is -0.0229. The van der Waals surface area contributed by atoms with Crippen LogP contribution in [0.5, 0.6) is 5.75 Å². The Hall–Kier alpha value is -3.41. The SMILES string of the molecule is COc1c(Cn2ccnc2)cc(N2N=C(C)CC2=O)cc1-c1ccccc1. The van der Waals surface area contributed by atoms with Gasteiger partial charge in [-0.25, -0.2) is 9.99 Å². The number of hydrazone groups is 1. The van der Waals surface area contributed by atoms with Gasteiger partial charge in [-0.1, -0.05) is 30.3 Å². The minimum Gasteiger partial charge on any atom is -0.496 e. The average molecular weight is 360 g/mol. The lowest BCUT2D eigenvalue weighted by Crippen LogP contribution is -2.20. The third-order valence-electron chi connectivity index (χ3n) is 4.51. The van der Waals surface area contributed by atoms with E-state index < -0.39 is 0 Å². The number of hydrogen-bond donors (Lipinski definition) is 0. The zero-order chi connectivity index (χ0) is 18.8. The molecular weight excluding hydrogens is 340 g/mol. The second kappa shape index (κ2) is 7.07. The standard InChI is InChI=1S/C21H20N4O2/c1-15-10-20(26)25(23-15)18-11-17(13-24-9-8-22-14-24)21(27-2)19(12-18)16-6-4-3-5-7-16/h3-9,11-12,14H,10,13H2,1-2H3. The van der Waals surface area contributed by atoms with Gasteiger partial charge in [0.15, 0.2) is 0 Å². The number of rotatable bonds is 5. The van der Waals surface area contributed by atoms with Crippen molar-refractivity contribution in [3.05, 3.63) is 66.7 Å². The molecule has 0 saturated heterocycles. The lowest BCUT2D eigenvalue weighted by atomic mass is 9.99. The molecule has 0 bridgehead atoms. The molecule has 0 saturated carbocycles. The molecule has 1 aromatic heterocycles. The van der Waals surface area contributed by atoms with Crippen molar-refractivity contribution in [1.29, 1.82) is 0 Å². The monoisotopic (exact) mass is 360 g/mol. The minimum absolute atomic E-state index is 0.0229. The molecule has 27 heavy (non-hydrogen) atoms. The number of amides is 1. The van der Waals surface area contributed by atoms with Gasteiger partial charge in [-0.15, -0.1) is 0 Å². The van der Waals surface area contributed by atoms with Crippen LogP contribution in [-0.2, 0) is 11.3 Å². The molecule has 2 aromatic carbocycles. The zero-order valence-electron chi connectivity index (χ0n) is 15.3. The third-order valence-corrected chi connectivity index (χ3v) is 4.51. The molecule has 0 atom stereocenters. The number of hydrogen-bond acceptors (Lipinski definition) is 4. The number of ether oxygens (including phenoxy) is 1. The highest BCUT2D eigenvalue weighted by Gasteiger charge is 2.25. The van der Waals surface area contributed by atoms with Crippen LogP contribution in [0.25, 0.3) is 11.1 Å². The Bertz CT molecular complexity index is 995. The molecule has 6 heteroatoms. The third kappa shape index (κ3) is 3.33. The molecule has 0 radical (unpaired) electrons. The van der Waals surface area contributed by atoms with E-state index >= 15 is 0 Å². The second-order valence-electron chi connectivity index (χ2n) is 6.50. The maximum absolute atomic E-state index is 12.4. The maximum atomic E-state index is 12.4. The zero-order valence-corrected chi connectivity index (χ0v) is 15.3. The number of methoxy groups -OCH3 is 1. The number of anilines is 1. The van der Waals surface area contributed by atoms with Crippen LogP contribution < -0.4 is 9.75 Å². The molecule has 136 valence electrons. The molecule has 0 spiro atoms. The predicted octanol–water partition coefficient (Wildman–Crippen LogP) is 3.72. The summed E-state index contributed by atoms with van der Waals surface area (Å²) in [5.41, 5.74) is 4.47. The topological polar surface area (TPSA) is 59.7 Å². The first-order valence-corrected chi connectivity index (χ1v) is 8.75. The first-order valence-electron chi connectivity index (χ1n) is 8.75. The summed E-state index contributed by atoms with van der Waals surface area (Å²) >= 11 is 0. The number of benzene rings is 2. The summed E-state index contributed by atoms with van der Waals surface area (Å²) in [5.74, 6) is 0.760. The van der Waals surface area contributed by atoms with Crippen LogP contribution in [-0.4, -0.2) is 28.3 Å². The molecule has 0 aliphatic carbocycles. The summed E-state index contributed by atoms with van der Waals surface area (Å²) in [5, 5.41) is 5.89. The van der Waals surface area contributed by atoms with Crippen LogP contribution in [0.3, 0.4) is 0 Å². The summed E-state index contributed by atoms with van der Waals surface area (Å²) in [7, 11) is 1.67. The van der Waals surface area contributed by atoms with Crippen molar-refractivity contribution >= 4 is 17.3 Å². The number of aromatic nitrogens is 2. The van der Waals surface area contributed by atoms with Crippen LogP contribution in [0.1, 0.15) is 18.9 Å². The average Bonchev–Trinajstić information content (AvgIpc) is 3.31. The van der Waals surface area contributed by atoms with E-state index in [1.54, 1.807) is 19.6 Å². The summed E-state index contributed by atoms with van der Waals surface area (Å²) < 4.78 is 7.74. The summed E-state index contributed by atoms with van der Waals surface area (Å²) in [6, 6.07) is 13.9. The van der Waals surface area contributed by atoms with E-state index in [2.05, 4.69) is 10.1 Å². The van der Waals surface area contributed by atoms with Crippen molar-refractivity contribution in [1.82, 2.24) is 9.55 Å². The smallest absolute Gasteiger partial charge is 0.253 e. The van der Waals surface area contributed by atoms with Gasteiger partial charge in [0.2, 0.25) is 0 Å². The molecule has 4 rings (SSSR count). The van der Waals surface area contributed by atoms with Crippen molar-refractivity contribution in [3.63, 3.8) is 0 Å². The summed E-state index contributed by atoms with van der Waals surface area (Å²) in [6.45, 7) is 2.45. The van der Waals surface area contributed by atoms with Crippen molar-refractivity contribution in [2.45, 2.75) is 19.9 Å². The Labute approximate surface area is 157 Å². The van der Waals surface area contributed by atoms with Crippen LogP contribution in [0.4, 0.5) is 5.69 Å². The lowest BCUT2D eigenvalue weighted by Gasteiger charge is -2.20. The van der Waals surface area contributed by atoms with Gasteiger partial charge in [-0.05, 0) is 24.6 Å². The fraction of sp³-hybridized carbons (Fsp3) is 0.190. The largest absolute Gasteiger partial charge is 0.496 e. The molecule has 6 nitrogen and oxygen atoms in total. The van der Waals surface area contributed by atoms with E-state index in [9.17, 15) is 4.79 Å². The molecular formula is C21H20N4O2. The molecule has 0 N–H and O–H groups in total. The van der Waals surface area contributed by atoms with Crippen molar-refractivity contribution in [3.8, 4) is 16.9 Å². The quantitative estimate of drug-likeness (QED) is 0.697. The number of imidazole rings is 1. The highest BCUT2D eigenvalue weighted by molar-refractivity contribution is 6.12. The van der Waals surface area contributed by atoms with Gasteiger partial charge in [0.1, 0.15) is 5.75 Å². The van der Waals surface area contributed by atoms with Crippen LogP contribution >= 0.6 is 0 Å². The van der Waals surface area contributed by atoms with Crippen LogP contribution in [0, 0.1) is 0 Å². The van der Waals surface area contributed by atoms with Gasteiger partial charge in [-0.2, -0.15) is 5.10 Å². The van der Waals surface area contributed by atoms with Gasteiger partial charge in [0, 0.05) is 29.2 Å². The Morgan fingerprint density at radius 2 is 2.00 bits per heavy atom. The van der Waals surface area contributed by atoms with E-state index in [-0.39, 0.29) is 5.91 Å². The maximum Gasteiger partial charge on any atom is 0.253 e. The highest BCUT2D eigenvalue weighted by Crippen LogP contribution is 2.38. The van der Waals surface area contributed by atoms with Crippen molar-refractivity contribution in [2.75, 3.05) is 12.1 Å². The fourth-order valence-electron chi connectivity index (χ4n) is 3.32. The molecule has 1 amide bonds. The lowest BCUT2D eigenvalue weighted by molar-refractivity contribution is -0.116. The number of carbonyl (C=O) groups is 1. The molecule has 2 heterocycles. The fourth-order valence-corrected chi connectivity index (χ4v) is 3.32. The van der Waals surface area contributed by atoms with Gasteiger partial charge in [0.05, 0.1) is 32.1 Å². The van der Waals surface area contributed by atoms with E-state index in [4.69, 9.17) is 4.74 Å². The molecule has 0 fully saturated rings. The number of nitrogens with zero attached hydrogens (tertiary/aromatic N) is 4. The molecule has 1 aliphatic rings. The van der Waals surface area contributed by atoms with Gasteiger partial charge in [0.25, 0.3) is 5.91 Å². The van der Waals surface area contributed by atoms with Gasteiger partial charge >= 0.3 is 0 Å². The van der Waals surface area contributed by atoms with Gasteiger partial charge < -0.3 is 9.30 Å². The first kappa shape index (κ1) is 17.0. The first-order chi connectivity index (χ1) is 13.2. The molecule has 0 unspecified atom stereocenters. The van der Waals surface area contributed by atoms with E-state index in [0.717, 1.165) is 33.8 Å². The highest BCUT2D eigenvalue weighted by atomic mass is 16.5. The molecule has 1 aliphatic heterocycles. The van der Waals surface area contributed by atoms with Gasteiger partial charge in [-0.3, -0.25) is 4.79 Å². The second-order valence-corrected chi connectivity index (χ2v) is 6.50. The normalized spacial score (nSPS) is 13.8. The summed E-state index contributed by atoms with van der Waals surface area (Å²) in [4.78, 5) is 16.5. The van der Waals surface area contributed by atoms with Crippen molar-refractivity contribution in [2.24, 2.45) is 5.10 Å². The Kier molecular flexibility index (Phi) is 4.46. The predicted molar refractivity (Wildman–Crippen MR) is 105 cm³/mol. The number of carbonyl (C=O) groups excluding carboxylic acids is 1. The summed E-state index contributed by atoms with van der Waals surface area (Å²) in [6.07, 6.45) is 5.75. The van der Waals surface area contributed by atoms with Crippen LogP contribution in [0.15, 0.2) is 66.3 Å². The van der Waals surface area contributed by atoms with E-state index in [1.165, 1.54) is 5.01 Å². The van der Waals surface area contributed by atoms with E-state index in [1.807, 2.05) is 60.2 Å². The van der Waals surface area contributed by atoms with E-state index in [0.29, 0.717) is 13.0 Å². The van der Waals surface area contributed by atoms with Crippen LogP contribution in [0.2, 0.25) is 0 Å². The Morgan fingerprint density at radius 1 is 1.19 bits per heavy atom. The molecule has 3 aromatic rings. The Morgan fingerprint density at radius 3 is 2.63 bits per heavy atom.